The van der Waals surface area contributed by atoms with Crippen molar-refractivity contribution in [3.8, 4) is 10.6 Å². The molecule has 0 atom stereocenters. The van der Waals surface area contributed by atoms with Gasteiger partial charge in [-0.15, -0.1) is 11.3 Å². The minimum atomic E-state index is -0.852. The van der Waals surface area contributed by atoms with E-state index in [0.717, 1.165) is 29.1 Å². The summed E-state index contributed by atoms with van der Waals surface area (Å²) >= 11 is 1.29. The van der Waals surface area contributed by atoms with Crippen LogP contribution in [0.3, 0.4) is 0 Å². The lowest BCUT2D eigenvalue weighted by atomic mass is 10.0. The number of carboxylic acid groups (broad SMARTS) is 1. The maximum atomic E-state index is 11.3. The summed E-state index contributed by atoms with van der Waals surface area (Å²) < 4.78 is 0. The predicted molar refractivity (Wildman–Crippen MR) is 80.6 cm³/mol. The molecule has 1 saturated carbocycles. The molecule has 2 aromatic rings. The van der Waals surface area contributed by atoms with Crippen molar-refractivity contribution in [1.82, 2.24) is 4.98 Å². The Morgan fingerprint density at radius 3 is 2.45 bits per heavy atom. The monoisotopic (exact) mass is 287 g/mol. The Bertz CT molecular complexity index is 639. The van der Waals surface area contributed by atoms with Crippen LogP contribution in [-0.2, 0) is 0 Å². The standard InChI is InChI=1S/C16H17NO2S/c1-9(2)10-3-7-12(8-4-10)15-17-13(11-5-6-11)14(20-15)16(18)19/h3-4,7-9,11H,5-6H2,1-2H3,(H,18,19). The molecular formula is C16H17NO2S. The van der Waals surface area contributed by atoms with Gasteiger partial charge in [0.05, 0.1) is 5.69 Å². The number of aromatic nitrogens is 1. The molecule has 1 aromatic heterocycles. The largest absolute Gasteiger partial charge is 0.477 e. The third-order valence-electron chi connectivity index (χ3n) is 3.64. The van der Waals surface area contributed by atoms with Crippen molar-refractivity contribution in [3.63, 3.8) is 0 Å². The Kier molecular flexibility index (Phi) is 3.34. The highest BCUT2D eigenvalue weighted by Crippen LogP contribution is 2.44. The predicted octanol–water partition coefficient (Wildman–Crippen LogP) is 4.51. The fourth-order valence-electron chi connectivity index (χ4n) is 2.25. The van der Waals surface area contributed by atoms with Gasteiger partial charge in [-0.05, 0) is 24.3 Å². The zero-order valence-corrected chi connectivity index (χ0v) is 12.4. The molecule has 1 heterocycles. The number of benzene rings is 1. The smallest absolute Gasteiger partial charge is 0.347 e. The first kappa shape index (κ1) is 13.3. The van der Waals surface area contributed by atoms with Crippen molar-refractivity contribution in [2.75, 3.05) is 0 Å². The molecule has 0 unspecified atom stereocenters. The maximum Gasteiger partial charge on any atom is 0.347 e. The second-order valence-electron chi connectivity index (χ2n) is 5.59. The zero-order chi connectivity index (χ0) is 14.3. The van der Waals surface area contributed by atoms with Gasteiger partial charge in [0.2, 0.25) is 0 Å². The van der Waals surface area contributed by atoms with Crippen molar-refractivity contribution in [2.24, 2.45) is 0 Å². The van der Waals surface area contributed by atoms with Crippen LogP contribution in [0.1, 0.15) is 59.5 Å². The van der Waals surface area contributed by atoms with E-state index < -0.39 is 5.97 Å². The molecule has 0 aliphatic heterocycles. The van der Waals surface area contributed by atoms with Crippen LogP contribution in [0.25, 0.3) is 10.6 Å². The number of thiazole rings is 1. The number of nitrogens with zero attached hydrogens (tertiary/aromatic N) is 1. The van der Waals surface area contributed by atoms with Gasteiger partial charge in [0.1, 0.15) is 9.88 Å². The number of hydrogen-bond donors (Lipinski definition) is 1. The van der Waals surface area contributed by atoms with Crippen molar-refractivity contribution < 1.29 is 9.90 Å². The van der Waals surface area contributed by atoms with E-state index in [4.69, 9.17) is 0 Å². The van der Waals surface area contributed by atoms with Gasteiger partial charge in [-0.2, -0.15) is 0 Å². The number of carbonyl (C=O) groups is 1. The molecule has 20 heavy (non-hydrogen) atoms. The Hall–Kier alpha value is -1.68. The molecule has 1 aliphatic carbocycles. The van der Waals surface area contributed by atoms with Crippen LogP contribution in [0.2, 0.25) is 0 Å². The molecule has 3 nitrogen and oxygen atoms in total. The molecule has 1 fully saturated rings. The average molecular weight is 287 g/mol. The van der Waals surface area contributed by atoms with Gasteiger partial charge >= 0.3 is 5.97 Å². The van der Waals surface area contributed by atoms with Gasteiger partial charge in [0, 0.05) is 11.5 Å². The molecule has 4 heteroatoms. The van der Waals surface area contributed by atoms with E-state index in [1.54, 1.807) is 0 Å². The summed E-state index contributed by atoms with van der Waals surface area (Å²) in [6.45, 7) is 4.32. The van der Waals surface area contributed by atoms with Gasteiger partial charge in [0.25, 0.3) is 0 Å². The van der Waals surface area contributed by atoms with E-state index >= 15 is 0 Å². The summed E-state index contributed by atoms with van der Waals surface area (Å²) in [7, 11) is 0. The average Bonchev–Trinajstić information content (AvgIpc) is 3.17. The number of carboxylic acids is 1. The topological polar surface area (TPSA) is 50.2 Å². The van der Waals surface area contributed by atoms with Gasteiger partial charge in [-0.25, -0.2) is 9.78 Å². The van der Waals surface area contributed by atoms with Gasteiger partial charge in [-0.1, -0.05) is 38.1 Å². The van der Waals surface area contributed by atoms with Crippen LogP contribution in [0.5, 0.6) is 0 Å². The molecule has 1 N–H and O–H groups in total. The van der Waals surface area contributed by atoms with Crippen LogP contribution < -0.4 is 0 Å². The Morgan fingerprint density at radius 2 is 1.95 bits per heavy atom. The van der Waals surface area contributed by atoms with E-state index in [9.17, 15) is 9.90 Å². The third-order valence-corrected chi connectivity index (χ3v) is 4.74. The highest BCUT2D eigenvalue weighted by molar-refractivity contribution is 7.17. The Balaban J connectivity index is 1.97. The molecule has 3 rings (SSSR count). The van der Waals surface area contributed by atoms with E-state index in [0.29, 0.717) is 16.7 Å². The van der Waals surface area contributed by atoms with Gasteiger partial charge < -0.3 is 5.11 Å². The molecule has 104 valence electrons. The summed E-state index contributed by atoms with van der Waals surface area (Å²) in [6.07, 6.45) is 2.13. The van der Waals surface area contributed by atoms with E-state index in [2.05, 4.69) is 31.0 Å². The fourth-order valence-corrected chi connectivity index (χ4v) is 3.25. The number of rotatable bonds is 4. The van der Waals surface area contributed by atoms with Crippen molar-refractivity contribution in [1.29, 1.82) is 0 Å². The highest BCUT2D eigenvalue weighted by atomic mass is 32.1. The lowest BCUT2D eigenvalue weighted by Crippen LogP contribution is -1.97. The molecule has 0 saturated heterocycles. The van der Waals surface area contributed by atoms with E-state index in [-0.39, 0.29) is 0 Å². The second-order valence-corrected chi connectivity index (χ2v) is 6.59. The van der Waals surface area contributed by atoms with Crippen molar-refractivity contribution >= 4 is 17.3 Å². The maximum absolute atomic E-state index is 11.3. The van der Waals surface area contributed by atoms with Crippen LogP contribution in [-0.4, -0.2) is 16.1 Å². The minimum absolute atomic E-state index is 0.362. The van der Waals surface area contributed by atoms with Crippen molar-refractivity contribution in [2.45, 2.75) is 38.5 Å². The number of hydrogen-bond acceptors (Lipinski definition) is 3. The molecule has 0 spiro atoms. The van der Waals surface area contributed by atoms with Crippen LogP contribution in [0, 0.1) is 0 Å². The van der Waals surface area contributed by atoms with E-state index in [1.165, 1.54) is 16.9 Å². The Labute approximate surface area is 122 Å². The molecular weight excluding hydrogens is 270 g/mol. The SMILES string of the molecule is CC(C)c1ccc(-c2nc(C3CC3)c(C(=O)O)s2)cc1. The molecule has 0 radical (unpaired) electrons. The normalized spacial score (nSPS) is 14.8. The summed E-state index contributed by atoms with van der Waals surface area (Å²) in [5.41, 5.74) is 3.07. The van der Waals surface area contributed by atoms with Crippen LogP contribution in [0.4, 0.5) is 0 Å². The summed E-state index contributed by atoms with van der Waals surface area (Å²) in [4.78, 5) is 16.3. The van der Waals surface area contributed by atoms with Gasteiger partial charge in [-0.3, -0.25) is 0 Å². The lowest BCUT2D eigenvalue weighted by molar-refractivity contribution is 0.0700. The highest BCUT2D eigenvalue weighted by Gasteiger charge is 2.32. The van der Waals surface area contributed by atoms with Crippen LogP contribution >= 0.6 is 11.3 Å². The quantitative estimate of drug-likeness (QED) is 0.900. The second kappa shape index (κ2) is 5.02. The minimum Gasteiger partial charge on any atom is -0.477 e. The molecule has 1 aliphatic rings. The molecule has 0 amide bonds. The van der Waals surface area contributed by atoms with Gasteiger partial charge in [0.15, 0.2) is 0 Å². The first-order chi connectivity index (χ1) is 9.56. The molecule has 0 bridgehead atoms. The lowest BCUT2D eigenvalue weighted by Gasteiger charge is -2.05. The number of aromatic carboxylic acids is 1. The first-order valence-corrected chi connectivity index (χ1v) is 7.72. The third kappa shape index (κ3) is 2.48. The summed E-state index contributed by atoms with van der Waals surface area (Å²) in [6, 6.07) is 8.27. The Morgan fingerprint density at radius 1 is 1.30 bits per heavy atom. The first-order valence-electron chi connectivity index (χ1n) is 6.90. The van der Waals surface area contributed by atoms with Crippen LogP contribution in [0.15, 0.2) is 24.3 Å². The molecule has 1 aromatic carbocycles. The van der Waals surface area contributed by atoms with E-state index in [1.807, 2.05) is 12.1 Å². The fraction of sp³-hybridized carbons (Fsp3) is 0.375. The summed E-state index contributed by atoms with van der Waals surface area (Å²) in [5.74, 6) is 0.00689. The zero-order valence-electron chi connectivity index (χ0n) is 11.6. The summed E-state index contributed by atoms with van der Waals surface area (Å²) in [5, 5.41) is 10.1. The van der Waals surface area contributed by atoms with Crippen molar-refractivity contribution in [3.05, 3.63) is 40.4 Å².